The zero-order valence-electron chi connectivity index (χ0n) is 12.2. The maximum Gasteiger partial charge on any atom is 0.258 e. The highest BCUT2D eigenvalue weighted by atomic mass is 16.5. The van der Waals surface area contributed by atoms with Gasteiger partial charge in [0.1, 0.15) is 5.75 Å². The van der Waals surface area contributed by atoms with Crippen LogP contribution in [0.3, 0.4) is 0 Å². The van der Waals surface area contributed by atoms with E-state index in [1.807, 2.05) is 31.2 Å². The zero-order valence-corrected chi connectivity index (χ0v) is 12.2. The van der Waals surface area contributed by atoms with Gasteiger partial charge >= 0.3 is 0 Å². The van der Waals surface area contributed by atoms with Gasteiger partial charge in [0.2, 0.25) is 0 Å². The lowest BCUT2D eigenvalue weighted by molar-refractivity contribution is -0.124. The van der Waals surface area contributed by atoms with Crippen LogP contribution in [0.15, 0.2) is 24.3 Å². The summed E-state index contributed by atoms with van der Waals surface area (Å²) >= 11 is 0. The number of nitrogens with one attached hydrogen (secondary N) is 1. The molecular formula is C15H24N2O2. The van der Waals surface area contributed by atoms with E-state index in [0.29, 0.717) is 12.2 Å². The Kier molecular flexibility index (Phi) is 5.36. The van der Waals surface area contributed by atoms with E-state index in [2.05, 4.69) is 26.1 Å². The Morgan fingerprint density at radius 1 is 1.42 bits per heavy atom. The number of primary amides is 1. The molecule has 0 fully saturated rings. The number of ether oxygens (including phenoxy) is 1. The van der Waals surface area contributed by atoms with E-state index in [-0.39, 0.29) is 5.54 Å². The van der Waals surface area contributed by atoms with Crippen molar-refractivity contribution < 1.29 is 9.53 Å². The quantitative estimate of drug-likeness (QED) is 0.828. The van der Waals surface area contributed by atoms with E-state index >= 15 is 0 Å². The Morgan fingerprint density at radius 3 is 2.63 bits per heavy atom. The average Bonchev–Trinajstić information content (AvgIpc) is 2.33. The summed E-state index contributed by atoms with van der Waals surface area (Å²) in [6.07, 6.45) is 0.00520. The van der Waals surface area contributed by atoms with E-state index in [4.69, 9.17) is 10.5 Å². The topological polar surface area (TPSA) is 64.3 Å². The number of hydrogen-bond donors (Lipinski definition) is 2. The first-order chi connectivity index (χ1) is 8.81. The Bertz CT molecular complexity index is 424. The number of carbonyl (C=O) groups excluding carboxylic acids is 1. The van der Waals surface area contributed by atoms with E-state index in [1.54, 1.807) is 0 Å². The van der Waals surface area contributed by atoms with E-state index in [1.165, 1.54) is 0 Å². The van der Waals surface area contributed by atoms with Crippen molar-refractivity contribution in [1.29, 1.82) is 0 Å². The fourth-order valence-electron chi connectivity index (χ4n) is 1.60. The van der Waals surface area contributed by atoms with Gasteiger partial charge in [-0.1, -0.05) is 19.1 Å². The monoisotopic (exact) mass is 264 g/mol. The predicted octanol–water partition coefficient (Wildman–Crippen LogP) is 2.22. The molecule has 0 aliphatic carbocycles. The lowest BCUT2D eigenvalue weighted by Crippen LogP contribution is -2.35. The SMILES string of the molecule is CCC(Oc1cccc(CNC(C)(C)C)c1)C(N)=O. The van der Waals surface area contributed by atoms with Crippen LogP contribution in [0.25, 0.3) is 0 Å². The molecule has 0 aliphatic rings. The molecule has 0 spiro atoms. The van der Waals surface area contributed by atoms with Crippen molar-refractivity contribution in [2.24, 2.45) is 5.73 Å². The maximum absolute atomic E-state index is 11.2. The molecule has 4 heteroatoms. The Labute approximate surface area is 115 Å². The summed E-state index contributed by atoms with van der Waals surface area (Å²) in [4.78, 5) is 11.2. The second-order valence-corrected chi connectivity index (χ2v) is 5.67. The highest BCUT2D eigenvalue weighted by molar-refractivity contribution is 5.79. The standard InChI is InChI=1S/C15H24N2O2/c1-5-13(14(16)18)19-12-8-6-7-11(9-12)10-17-15(2,3)4/h6-9,13,17H,5,10H2,1-4H3,(H2,16,18). The number of amides is 1. The number of nitrogens with two attached hydrogens (primary N) is 1. The van der Waals surface area contributed by atoms with Gasteiger partial charge in [-0.05, 0) is 44.9 Å². The van der Waals surface area contributed by atoms with Gasteiger partial charge in [-0.25, -0.2) is 0 Å². The molecule has 0 saturated heterocycles. The number of hydrogen-bond acceptors (Lipinski definition) is 3. The van der Waals surface area contributed by atoms with Crippen molar-refractivity contribution in [3.05, 3.63) is 29.8 Å². The highest BCUT2D eigenvalue weighted by Crippen LogP contribution is 2.16. The Morgan fingerprint density at radius 2 is 2.11 bits per heavy atom. The van der Waals surface area contributed by atoms with Crippen molar-refractivity contribution >= 4 is 5.91 Å². The second kappa shape index (κ2) is 6.57. The molecule has 106 valence electrons. The van der Waals surface area contributed by atoms with Crippen LogP contribution in [0.4, 0.5) is 0 Å². The van der Waals surface area contributed by atoms with Gasteiger partial charge in [0.05, 0.1) is 0 Å². The summed E-state index contributed by atoms with van der Waals surface area (Å²) in [7, 11) is 0. The molecule has 3 N–H and O–H groups in total. The fraction of sp³-hybridized carbons (Fsp3) is 0.533. The minimum Gasteiger partial charge on any atom is -0.481 e. The first kappa shape index (κ1) is 15.5. The third-order valence-electron chi connectivity index (χ3n) is 2.69. The van der Waals surface area contributed by atoms with Crippen molar-refractivity contribution in [3.8, 4) is 5.75 Å². The van der Waals surface area contributed by atoms with Gasteiger partial charge in [0, 0.05) is 12.1 Å². The first-order valence-electron chi connectivity index (χ1n) is 6.62. The molecular weight excluding hydrogens is 240 g/mol. The van der Waals surface area contributed by atoms with Crippen LogP contribution in [0.2, 0.25) is 0 Å². The van der Waals surface area contributed by atoms with Gasteiger partial charge in [0.15, 0.2) is 6.10 Å². The minimum atomic E-state index is -0.564. The van der Waals surface area contributed by atoms with Crippen molar-refractivity contribution in [2.45, 2.75) is 52.3 Å². The molecule has 0 aromatic heterocycles. The van der Waals surface area contributed by atoms with Gasteiger partial charge < -0.3 is 15.8 Å². The summed E-state index contributed by atoms with van der Waals surface area (Å²) < 4.78 is 5.60. The van der Waals surface area contributed by atoms with E-state index in [9.17, 15) is 4.79 Å². The summed E-state index contributed by atoms with van der Waals surface area (Å²) in [6.45, 7) is 8.99. The van der Waals surface area contributed by atoms with Crippen molar-refractivity contribution in [1.82, 2.24) is 5.32 Å². The van der Waals surface area contributed by atoms with Gasteiger partial charge in [-0.2, -0.15) is 0 Å². The predicted molar refractivity (Wildman–Crippen MR) is 76.9 cm³/mol. The summed E-state index contributed by atoms with van der Waals surface area (Å²) in [5.41, 5.74) is 6.46. The lowest BCUT2D eigenvalue weighted by Gasteiger charge is -2.21. The minimum absolute atomic E-state index is 0.0655. The molecule has 0 aliphatic heterocycles. The second-order valence-electron chi connectivity index (χ2n) is 5.67. The van der Waals surface area contributed by atoms with Crippen LogP contribution >= 0.6 is 0 Å². The molecule has 1 atom stereocenters. The zero-order chi connectivity index (χ0) is 14.5. The fourth-order valence-corrected chi connectivity index (χ4v) is 1.60. The third-order valence-corrected chi connectivity index (χ3v) is 2.69. The molecule has 0 radical (unpaired) electrons. The summed E-state index contributed by atoms with van der Waals surface area (Å²) in [6, 6.07) is 7.72. The number of rotatable bonds is 6. The summed E-state index contributed by atoms with van der Waals surface area (Å²) in [5, 5.41) is 3.41. The largest absolute Gasteiger partial charge is 0.481 e. The maximum atomic E-state index is 11.2. The van der Waals surface area contributed by atoms with E-state index < -0.39 is 12.0 Å². The van der Waals surface area contributed by atoms with Gasteiger partial charge in [-0.15, -0.1) is 0 Å². The third kappa shape index (κ3) is 5.75. The Balaban J connectivity index is 2.69. The molecule has 1 aromatic rings. The van der Waals surface area contributed by atoms with Crippen LogP contribution in [0.5, 0.6) is 5.75 Å². The number of carbonyl (C=O) groups is 1. The molecule has 1 aromatic carbocycles. The molecule has 0 heterocycles. The molecule has 1 rings (SSSR count). The smallest absolute Gasteiger partial charge is 0.258 e. The van der Waals surface area contributed by atoms with Crippen molar-refractivity contribution in [2.75, 3.05) is 0 Å². The van der Waals surface area contributed by atoms with Gasteiger partial charge in [0.25, 0.3) is 5.91 Å². The highest BCUT2D eigenvalue weighted by Gasteiger charge is 2.14. The van der Waals surface area contributed by atoms with Gasteiger partial charge in [-0.3, -0.25) is 4.79 Å². The molecule has 19 heavy (non-hydrogen) atoms. The van der Waals surface area contributed by atoms with Crippen molar-refractivity contribution in [3.63, 3.8) is 0 Å². The van der Waals surface area contributed by atoms with Crippen LogP contribution in [-0.2, 0) is 11.3 Å². The molecule has 0 saturated carbocycles. The molecule has 1 amide bonds. The Hall–Kier alpha value is -1.55. The summed E-state index contributed by atoms with van der Waals surface area (Å²) in [5.74, 6) is 0.250. The normalized spacial score (nSPS) is 13.1. The van der Waals surface area contributed by atoms with Crippen LogP contribution in [0.1, 0.15) is 39.7 Å². The van der Waals surface area contributed by atoms with Crippen LogP contribution in [-0.4, -0.2) is 17.6 Å². The van der Waals surface area contributed by atoms with Crippen LogP contribution < -0.4 is 15.8 Å². The molecule has 0 bridgehead atoms. The first-order valence-corrected chi connectivity index (χ1v) is 6.62. The lowest BCUT2D eigenvalue weighted by atomic mass is 10.1. The number of benzene rings is 1. The van der Waals surface area contributed by atoms with Crippen LogP contribution in [0, 0.1) is 0 Å². The average molecular weight is 264 g/mol. The van der Waals surface area contributed by atoms with E-state index in [0.717, 1.165) is 12.1 Å². The molecule has 1 unspecified atom stereocenters. The molecule has 4 nitrogen and oxygen atoms in total.